The summed E-state index contributed by atoms with van der Waals surface area (Å²) in [5.41, 5.74) is 2.78. The van der Waals surface area contributed by atoms with E-state index in [-0.39, 0.29) is 5.70 Å². The Balaban J connectivity index is 1.51. The van der Waals surface area contributed by atoms with Gasteiger partial charge in [0, 0.05) is 16.0 Å². The highest BCUT2D eigenvalue weighted by Crippen LogP contribution is 2.38. The molecule has 0 aromatic heterocycles. The molecule has 0 saturated carbocycles. The minimum absolute atomic E-state index is 0.211. The molecule has 1 heterocycles. The fourth-order valence-electron chi connectivity index (χ4n) is 4.17. The maximum atomic E-state index is 13.8. The van der Waals surface area contributed by atoms with E-state index in [1.54, 1.807) is 24.3 Å². The Labute approximate surface area is 225 Å². The molecule has 0 aliphatic carbocycles. The average Bonchev–Trinajstić information content (AvgIpc) is 3.17. The molecule has 1 aliphatic heterocycles. The van der Waals surface area contributed by atoms with Gasteiger partial charge in [-0.3, -0.25) is 9.59 Å². The Morgan fingerprint density at radius 1 is 0.868 bits per heavy atom. The highest BCUT2D eigenvalue weighted by Gasteiger charge is 2.40. The number of ether oxygens (including phenoxy) is 1. The number of imide groups is 1. The van der Waals surface area contributed by atoms with Gasteiger partial charge in [0.25, 0.3) is 11.8 Å². The SMILES string of the molecule is CCCOC(=O)c1ccc(N2C(=O)C(Nc3cccc4ccccc34)=C(Sc3ccc(C)cc3)C2=O)cc1. The number of hydrogen-bond acceptors (Lipinski definition) is 6. The summed E-state index contributed by atoms with van der Waals surface area (Å²) >= 11 is 1.25. The lowest BCUT2D eigenvalue weighted by Crippen LogP contribution is -2.32. The molecule has 0 saturated heterocycles. The molecular formula is C31H26N2O4S. The monoisotopic (exact) mass is 522 g/mol. The van der Waals surface area contributed by atoms with E-state index in [0.717, 1.165) is 38.2 Å². The summed E-state index contributed by atoms with van der Waals surface area (Å²) in [7, 11) is 0. The third kappa shape index (κ3) is 5.06. The van der Waals surface area contributed by atoms with Crippen LogP contribution in [0.2, 0.25) is 0 Å². The molecule has 1 N–H and O–H groups in total. The number of carbonyl (C=O) groups excluding carboxylic acids is 3. The number of rotatable bonds is 8. The number of aryl methyl sites for hydroxylation is 1. The molecule has 6 nitrogen and oxygen atoms in total. The minimum atomic E-state index is -0.459. The van der Waals surface area contributed by atoms with Crippen LogP contribution in [0.4, 0.5) is 11.4 Å². The van der Waals surface area contributed by atoms with Crippen LogP contribution < -0.4 is 10.2 Å². The number of esters is 1. The van der Waals surface area contributed by atoms with E-state index in [1.807, 2.05) is 80.6 Å². The van der Waals surface area contributed by atoms with E-state index in [4.69, 9.17) is 4.74 Å². The Morgan fingerprint density at radius 3 is 2.32 bits per heavy atom. The number of thioether (sulfide) groups is 1. The predicted octanol–water partition coefficient (Wildman–Crippen LogP) is 6.70. The summed E-state index contributed by atoms with van der Waals surface area (Å²) < 4.78 is 5.19. The normalized spacial score (nSPS) is 13.4. The Kier molecular flexibility index (Phi) is 7.29. The third-order valence-corrected chi connectivity index (χ3v) is 7.22. The van der Waals surface area contributed by atoms with Crippen molar-refractivity contribution in [1.29, 1.82) is 0 Å². The molecule has 4 aromatic carbocycles. The van der Waals surface area contributed by atoms with Gasteiger partial charge in [-0.25, -0.2) is 9.69 Å². The zero-order chi connectivity index (χ0) is 26.6. The number of anilines is 2. The molecule has 0 fully saturated rings. The lowest BCUT2D eigenvalue weighted by molar-refractivity contribution is -0.120. The van der Waals surface area contributed by atoms with Gasteiger partial charge in [0.05, 0.1) is 17.9 Å². The van der Waals surface area contributed by atoms with E-state index in [1.165, 1.54) is 11.8 Å². The van der Waals surface area contributed by atoms with Crippen molar-refractivity contribution in [2.45, 2.75) is 25.2 Å². The number of nitrogens with zero attached hydrogens (tertiary/aromatic N) is 1. The molecule has 2 amide bonds. The van der Waals surface area contributed by atoms with Crippen LogP contribution in [0.1, 0.15) is 29.3 Å². The molecule has 1 aliphatic rings. The van der Waals surface area contributed by atoms with Crippen molar-refractivity contribution in [1.82, 2.24) is 0 Å². The van der Waals surface area contributed by atoms with Crippen molar-refractivity contribution >= 4 is 51.7 Å². The van der Waals surface area contributed by atoms with Crippen molar-refractivity contribution in [3.8, 4) is 0 Å². The van der Waals surface area contributed by atoms with Crippen molar-refractivity contribution in [3.63, 3.8) is 0 Å². The molecule has 5 rings (SSSR count). The van der Waals surface area contributed by atoms with Crippen molar-refractivity contribution in [3.05, 3.63) is 113 Å². The molecule has 7 heteroatoms. The number of carbonyl (C=O) groups is 3. The highest BCUT2D eigenvalue weighted by atomic mass is 32.2. The number of amides is 2. The van der Waals surface area contributed by atoms with Crippen LogP contribution >= 0.6 is 11.8 Å². The number of nitrogens with one attached hydrogen (secondary N) is 1. The first-order chi connectivity index (χ1) is 18.5. The Bertz CT molecular complexity index is 1550. The van der Waals surface area contributed by atoms with E-state index < -0.39 is 17.8 Å². The summed E-state index contributed by atoms with van der Waals surface area (Å²) in [6.07, 6.45) is 0.722. The van der Waals surface area contributed by atoms with Crippen LogP contribution in [-0.4, -0.2) is 24.4 Å². The van der Waals surface area contributed by atoms with Gasteiger partial charge in [-0.1, -0.05) is 72.8 Å². The highest BCUT2D eigenvalue weighted by molar-refractivity contribution is 8.04. The predicted molar refractivity (Wildman–Crippen MR) is 151 cm³/mol. The lowest BCUT2D eigenvalue weighted by atomic mass is 10.1. The zero-order valence-corrected chi connectivity index (χ0v) is 21.9. The van der Waals surface area contributed by atoms with E-state index in [2.05, 4.69) is 5.32 Å². The summed E-state index contributed by atoms with van der Waals surface area (Å²) in [5, 5.41) is 5.23. The van der Waals surface area contributed by atoms with Gasteiger partial charge >= 0.3 is 5.97 Å². The van der Waals surface area contributed by atoms with Gasteiger partial charge in [-0.05, 0) is 61.2 Å². The standard InChI is InChI=1S/C31H26N2O4S/c1-3-19-37-31(36)22-13-15-23(16-14-22)33-29(34)27(28(30(33)35)38-24-17-11-20(2)12-18-24)32-26-10-6-8-21-7-4-5-9-25(21)26/h4-18,32H,3,19H2,1-2H3. The van der Waals surface area contributed by atoms with E-state index >= 15 is 0 Å². The van der Waals surface area contributed by atoms with Gasteiger partial charge in [0.2, 0.25) is 0 Å². The molecule has 0 spiro atoms. The molecule has 38 heavy (non-hydrogen) atoms. The van der Waals surface area contributed by atoms with Crippen LogP contribution in [0, 0.1) is 6.92 Å². The Hall–Kier alpha value is -4.36. The first-order valence-electron chi connectivity index (χ1n) is 12.4. The first kappa shape index (κ1) is 25.3. The van der Waals surface area contributed by atoms with Crippen molar-refractivity contribution < 1.29 is 19.1 Å². The van der Waals surface area contributed by atoms with E-state index in [0.29, 0.717) is 22.8 Å². The van der Waals surface area contributed by atoms with Crippen LogP contribution in [0.25, 0.3) is 10.8 Å². The second-order valence-electron chi connectivity index (χ2n) is 8.90. The number of hydrogen-bond donors (Lipinski definition) is 1. The summed E-state index contributed by atoms with van der Waals surface area (Å²) in [6.45, 7) is 4.25. The maximum absolute atomic E-state index is 13.8. The summed E-state index contributed by atoms with van der Waals surface area (Å²) in [4.78, 5) is 42.0. The third-order valence-electron chi connectivity index (χ3n) is 6.13. The number of fused-ring (bicyclic) bond motifs is 1. The van der Waals surface area contributed by atoms with Gasteiger partial charge in [-0.15, -0.1) is 0 Å². The molecular weight excluding hydrogens is 496 g/mol. The molecule has 190 valence electrons. The molecule has 0 unspecified atom stereocenters. The quantitative estimate of drug-likeness (QED) is 0.205. The smallest absolute Gasteiger partial charge is 0.338 e. The maximum Gasteiger partial charge on any atom is 0.338 e. The van der Waals surface area contributed by atoms with Crippen LogP contribution in [0.3, 0.4) is 0 Å². The molecule has 0 radical (unpaired) electrons. The topological polar surface area (TPSA) is 75.7 Å². The van der Waals surface area contributed by atoms with Gasteiger partial charge in [0.15, 0.2) is 0 Å². The fraction of sp³-hybridized carbons (Fsp3) is 0.129. The lowest BCUT2D eigenvalue weighted by Gasteiger charge is -2.16. The second-order valence-corrected chi connectivity index (χ2v) is 9.98. The zero-order valence-electron chi connectivity index (χ0n) is 21.1. The fourth-order valence-corrected chi connectivity index (χ4v) is 5.09. The van der Waals surface area contributed by atoms with E-state index in [9.17, 15) is 14.4 Å². The van der Waals surface area contributed by atoms with Crippen LogP contribution in [0.15, 0.2) is 106 Å². The molecule has 0 bridgehead atoms. The first-order valence-corrected chi connectivity index (χ1v) is 13.2. The largest absolute Gasteiger partial charge is 0.462 e. The van der Waals surface area contributed by atoms with Gasteiger partial charge in [-0.2, -0.15) is 0 Å². The van der Waals surface area contributed by atoms with Gasteiger partial charge < -0.3 is 10.1 Å². The molecule has 0 atom stereocenters. The minimum Gasteiger partial charge on any atom is -0.462 e. The average molecular weight is 523 g/mol. The van der Waals surface area contributed by atoms with Crippen LogP contribution in [-0.2, 0) is 14.3 Å². The summed E-state index contributed by atoms with van der Waals surface area (Å²) in [5.74, 6) is -1.33. The van der Waals surface area contributed by atoms with Crippen LogP contribution in [0.5, 0.6) is 0 Å². The number of benzene rings is 4. The van der Waals surface area contributed by atoms with Gasteiger partial charge in [0.1, 0.15) is 10.6 Å². The van der Waals surface area contributed by atoms with Crippen molar-refractivity contribution in [2.24, 2.45) is 0 Å². The second kappa shape index (κ2) is 10.9. The Morgan fingerprint density at radius 2 is 1.58 bits per heavy atom. The van der Waals surface area contributed by atoms with Crippen molar-refractivity contribution in [2.75, 3.05) is 16.8 Å². The summed E-state index contributed by atoms with van der Waals surface area (Å²) in [6, 6.07) is 27.8. The molecule has 4 aromatic rings.